The molecular weight excluding hydrogens is 393 g/mol. The molecule has 0 aliphatic carbocycles. The van der Waals surface area contributed by atoms with Gasteiger partial charge in [0.05, 0.1) is 24.4 Å². The highest BCUT2D eigenvalue weighted by atomic mass is 127. The van der Waals surface area contributed by atoms with E-state index >= 15 is 0 Å². The molecule has 0 radical (unpaired) electrons. The maximum absolute atomic E-state index is 5.87. The Balaban J connectivity index is 0.00000242. The second-order valence-corrected chi connectivity index (χ2v) is 6.39. The van der Waals surface area contributed by atoms with Crippen LogP contribution in [0, 0.1) is 5.92 Å². The summed E-state index contributed by atoms with van der Waals surface area (Å²) in [4.78, 5) is 4.32. The predicted molar refractivity (Wildman–Crippen MR) is 101 cm³/mol. The van der Waals surface area contributed by atoms with Gasteiger partial charge in [0, 0.05) is 20.2 Å². The molecule has 2 N–H and O–H groups in total. The van der Waals surface area contributed by atoms with Crippen molar-refractivity contribution >= 4 is 29.9 Å². The van der Waals surface area contributed by atoms with Crippen molar-refractivity contribution < 1.29 is 9.47 Å². The summed E-state index contributed by atoms with van der Waals surface area (Å²) in [6.45, 7) is 8.13. The summed E-state index contributed by atoms with van der Waals surface area (Å²) >= 11 is 0. The second-order valence-electron chi connectivity index (χ2n) is 6.39. The van der Waals surface area contributed by atoms with Crippen LogP contribution in [0.4, 0.5) is 0 Å². The van der Waals surface area contributed by atoms with E-state index in [-0.39, 0.29) is 24.0 Å². The van der Waals surface area contributed by atoms with Crippen molar-refractivity contribution in [3.8, 4) is 0 Å². The molecule has 5 nitrogen and oxygen atoms in total. The van der Waals surface area contributed by atoms with Crippen LogP contribution in [0.5, 0.6) is 0 Å². The largest absolute Gasteiger partial charge is 0.378 e. The Bertz CT molecular complexity index is 352. The van der Waals surface area contributed by atoms with Gasteiger partial charge in [0.15, 0.2) is 5.96 Å². The van der Waals surface area contributed by atoms with Gasteiger partial charge >= 0.3 is 0 Å². The molecule has 0 spiro atoms. The van der Waals surface area contributed by atoms with Gasteiger partial charge in [-0.1, -0.05) is 13.8 Å². The molecule has 0 aromatic rings. The van der Waals surface area contributed by atoms with Crippen LogP contribution in [0.1, 0.15) is 46.5 Å². The summed E-state index contributed by atoms with van der Waals surface area (Å²) in [6, 6.07) is 0.419. The summed E-state index contributed by atoms with van der Waals surface area (Å²) in [7, 11) is 1.83. The van der Waals surface area contributed by atoms with Gasteiger partial charge in [0.2, 0.25) is 0 Å². The molecule has 2 bridgehead atoms. The minimum atomic E-state index is 0. The smallest absolute Gasteiger partial charge is 0.191 e. The Morgan fingerprint density at radius 3 is 2.64 bits per heavy atom. The number of guanidine groups is 1. The highest BCUT2D eigenvalue weighted by molar-refractivity contribution is 14.0. The summed E-state index contributed by atoms with van der Waals surface area (Å²) in [5.74, 6) is 1.43. The van der Waals surface area contributed by atoms with Crippen molar-refractivity contribution in [2.24, 2.45) is 10.9 Å². The molecular formula is C16H32IN3O2. The Morgan fingerprint density at radius 1 is 1.36 bits per heavy atom. The van der Waals surface area contributed by atoms with E-state index in [1.165, 1.54) is 12.8 Å². The quantitative estimate of drug-likeness (QED) is 0.374. The number of ether oxygens (including phenoxy) is 2. The Morgan fingerprint density at radius 2 is 2.14 bits per heavy atom. The van der Waals surface area contributed by atoms with Crippen LogP contribution in [0.15, 0.2) is 4.99 Å². The molecule has 2 heterocycles. The van der Waals surface area contributed by atoms with E-state index in [9.17, 15) is 0 Å². The number of halogens is 1. The van der Waals surface area contributed by atoms with Crippen LogP contribution < -0.4 is 10.6 Å². The summed E-state index contributed by atoms with van der Waals surface area (Å²) in [6.07, 6.45) is 5.66. The van der Waals surface area contributed by atoms with Gasteiger partial charge in [-0.25, -0.2) is 0 Å². The highest BCUT2D eigenvalue weighted by Crippen LogP contribution is 2.34. The first-order chi connectivity index (χ1) is 10.1. The molecule has 2 saturated heterocycles. The predicted octanol–water partition coefficient (Wildman–Crippen LogP) is 2.54. The monoisotopic (exact) mass is 425 g/mol. The van der Waals surface area contributed by atoms with Crippen molar-refractivity contribution in [2.75, 3.05) is 20.2 Å². The van der Waals surface area contributed by atoms with E-state index in [1.54, 1.807) is 0 Å². The zero-order valence-electron chi connectivity index (χ0n) is 14.3. The average Bonchev–Trinajstić information content (AvgIpc) is 3.07. The maximum atomic E-state index is 5.87. The molecule has 4 atom stereocenters. The van der Waals surface area contributed by atoms with Crippen LogP contribution in [0.2, 0.25) is 0 Å². The van der Waals surface area contributed by atoms with E-state index in [0.717, 1.165) is 32.0 Å². The molecule has 4 unspecified atom stereocenters. The van der Waals surface area contributed by atoms with Crippen molar-refractivity contribution in [3.05, 3.63) is 0 Å². The van der Waals surface area contributed by atoms with Crippen LogP contribution in [-0.2, 0) is 9.47 Å². The standard InChI is InChI=1S/C16H31N3O2.HI/c1-5-20-14(11(2)3)8-9-18-16(17-4)19-13-10-12-6-7-15(13)21-12;/h11-15H,5-10H2,1-4H3,(H2,17,18,19);1H. The van der Waals surface area contributed by atoms with Gasteiger partial charge in [-0.05, 0) is 38.5 Å². The molecule has 2 aliphatic rings. The number of nitrogens with zero attached hydrogens (tertiary/aromatic N) is 1. The Hall–Kier alpha value is -0.0800. The van der Waals surface area contributed by atoms with Crippen molar-refractivity contribution in [1.29, 1.82) is 0 Å². The first kappa shape index (κ1) is 20.0. The molecule has 0 saturated carbocycles. The lowest BCUT2D eigenvalue weighted by molar-refractivity contribution is 0.0258. The second kappa shape index (κ2) is 9.93. The molecule has 2 aliphatic heterocycles. The molecule has 22 heavy (non-hydrogen) atoms. The van der Waals surface area contributed by atoms with Crippen LogP contribution in [0.25, 0.3) is 0 Å². The molecule has 2 fully saturated rings. The van der Waals surface area contributed by atoms with Gasteiger partial charge in [0.25, 0.3) is 0 Å². The lowest BCUT2D eigenvalue weighted by atomic mass is 9.96. The van der Waals surface area contributed by atoms with E-state index in [1.807, 2.05) is 7.05 Å². The van der Waals surface area contributed by atoms with Crippen LogP contribution in [-0.4, -0.2) is 50.5 Å². The van der Waals surface area contributed by atoms with Crippen LogP contribution in [0.3, 0.4) is 0 Å². The minimum Gasteiger partial charge on any atom is -0.378 e. The molecule has 2 rings (SSSR count). The number of aliphatic imine (C=N–C) groups is 1. The van der Waals surface area contributed by atoms with Crippen molar-refractivity contribution in [2.45, 2.75) is 70.8 Å². The SMILES string of the molecule is CCOC(CCNC(=NC)NC1CC2CCC1O2)C(C)C.I. The molecule has 0 amide bonds. The lowest BCUT2D eigenvalue weighted by Crippen LogP contribution is -2.48. The molecule has 0 aromatic heterocycles. The normalized spacial score (nSPS) is 28.6. The van der Waals surface area contributed by atoms with Gasteiger partial charge in [0.1, 0.15) is 0 Å². The number of hydrogen-bond acceptors (Lipinski definition) is 3. The third kappa shape index (κ3) is 5.53. The lowest BCUT2D eigenvalue weighted by Gasteiger charge is -2.24. The molecule has 6 heteroatoms. The van der Waals surface area contributed by atoms with Gasteiger partial charge in [-0.15, -0.1) is 24.0 Å². The zero-order valence-corrected chi connectivity index (χ0v) is 16.6. The Kier molecular flexibility index (Phi) is 9.01. The average molecular weight is 425 g/mol. The zero-order chi connectivity index (χ0) is 15.2. The fraction of sp³-hybridized carbons (Fsp3) is 0.938. The third-order valence-corrected chi connectivity index (χ3v) is 4.50. The van der Waals surface area contributed by atoms with Crippen molar-refractivity contribution in [1.82, 2.24) is 10.6 Å². The number of fused-ring (bicyclic) bond motifs is 2. The van der Waals surface area contributed by atoms with Crippen molar-refractivity contribution in [3.63, 3.8) is 0 Å². The fourth-order valence-corrected chi connectivity index (χ4v) is 3.32. The van der Waals surface area contributed by atoms with E-state index in [4.69, 9.17) is 9.47 Å². The third-order valence-electron chi connectivity index (χ3n) is 4.50. The maximum Gasteiger partial charge on any atom is 0.191 e. The summed E-state index contributed by atoms with van der Waals surface area (Å²) in [5.41, 5.74) is 0. The minimum absolute atomic E-state index is 0. The highest BCUT2D eigenvalue weighted by Gasteiger charge is 2.41. The summed E-state index contributed by atoms with van der Waals surface area (Å²) in [5, 5.41) is 6.91. The van der Waals surface area contributed by atoms with E-state index < -0.39 is 0 Å². The first-order valence-electron chi connectivity index (χ1n) is 8.38. The topological polar surface area (TPSA) is 54.9 Å². The van der Waals surface area contributed by atoms with E-state index in [0.29, 0.717) is 30.3 Å². The van der Waals surface area contributed by atoms with Gasteiger partial charge < -0.3 is 20.1 Å². The summed E-state index contributed by atoms with van der Waals surface area (Å²) < 4.78 is 11.6. The number of nitrogens with one attached hydrogen (secondary N) is 2. The van der Waals surface area contributed by atoms with Crippen LogP contribution >= 0.6 is 24.0 Å². The Labute approximate surface area is 152 Å². The van der Waals surface area contributed by atoms with Gasteiger partial charge in [-0.2, -0.15) is 0 Å². The molecule has 0 aromatic carbocycles. The first-order valence-corrected chi connectivity index (χ1v) is 8.38. The van der Waals surface area contributed by atoms with E-state index in [2.05, 4.69) is 36.4 Å². The number of rotatable bonds is 7. The van der Waals surface area contributed by atoms with Gasteiger partial charge in [-0.3, -0.25) is 4.99 Å². The molecule has 130 valence electrons. The fourth-order valence-electron chi connectivity index (χ4n) is 3.32. The number of hydrogen-bond donors (Lipinski definition) is 2.